The molecule has 1 aliphatic heterocycles. The Morgan fingerprint density at radius 2 is 2.30 bits per heavy atom. The van der Waals surface area contributed by atoms with Crippen molar-refractivity contribution in [2.24, 2.45) is 5.92 Å². The monoisotopic (exact) mass is 371 g/mol. The SMILES string of the molecule is COCCCNC(=O)N1CCCC(Cn2c(C)cnc2-c2cccnc2)C1. The summed E-state index contributed by atoms with van der Waals surface area (Å²) in [7, 11) is 1.68. The van der Waals surface area contributed by atoms with Gasteiger partial charge in [0, 0.05) is 69.7 Å². The van der Waals surface area contributed by atoms with E-state index >= 15 is 0 Å². The van der Waals surface area contributed by atoms with Gasteiger partial charge in [0.1, 0.15) is 5.82 Å². The van der Waals surface area contributed by atoms with E-state index in [-0.39, 0.29) is 6.03 Å². The number of hydrogen-bond acceptors (Lipinski definition) is 4. The third-order valence-electron chi connectivity index (χ3n) is 5.02. The fraction of sp³-hybridized carbons (Fsp3) is 0.550. The number of carbonyl (C=O) groups is 1. The second kappa shape index (κ2) is 9.50. The molecule has 1 fully saturated rings. The standard InChI is InChI=1S/C20H29N5O2/c1-16-12-23-19(18-7-3-8-21-13-18)25(16)15-17-6-4-10-24(14-17)20(26)22-9-5-11-27-2/h3,7-8,12-13,17H,4-6,9-11,14-15H2,1-2H3,(H,22,26). The molecule has 1 atom stereocenters. The van der Waals surface area contributed by atoms with Gasteiger partial charge in [0.15, 0.2) is 0 Å². The first-order chi connectivity index (χ1) is 13.2. The minimum absolute atomic E-state index is 0.0330. The van der Waals surface area contributed by atoms with Gasteiger partial charge in [0.25, 0.3) is 0 Å². The van der Waals surface area contributed by atoms with E-state index in [1.165, 1.54) is 0 Å². The summed E-state index contributed by atoms with van der Waals surface area (Å²) < 4.78 is 7.28. The number of amides is 2. The van der Waals surface area contributed by atoms with Gasteiger partial charge in [-0.2, -0.15) is 0 Å². The molecule has 1 N–H and O–H groups in total. The maximum absolute atomic E-state index is 12.4. The molecule has 0 bridgehead atoms. The maximum atomic E-state index is 12.4. The molecule has 27 heavy (non-hydrogen) atoms. The van der Waals surface area contributed by atoms with Gasteiger partial charge >= 0.3 is 6.03 Å². The number of piperidine rings is 1. The van der Waals surface area contributed by atoms with Crippen LogP contribution < -0.4 is 5.32 Å². The summed E-state index contributed by atoms with van der Waals surface area (Å²) >= 11 is 0. The topological polar surface area (TPSA) is 72.3 Å². The summed E-state index contributed by atoms with van der Waals surface area (Å²) in [5.41, 5.74) is 2.16. The van der Waals surface area contributed by atoms with E-state index in [0.717, 1.165) is 56.0 Å². The average molecular weight is 371 g/mol. The van der Waals surface area contributed by atoms with Crippen LogP contribution in [0.1, 0.15) is 25.0 Å². The van der Waals surface area contributed by atoms with Crippen LogP contribution in [0, 0.1) is 12.8 Å². The number of ether oxygens (including phenoxy) is 1. The number of hydrogen-bond donors (Lipinski definition) is 1. The largest absolute Gasteiger partial charge is 0.385 e. The van der Waals surface area contributed by atoms with Crippen LogP contribution in [0.15, 0.2) is 30.7 Å². The number of imidazole rings is 1. The number of rotatable bonds is 7. The number of carbonyl (C=O) groups excluding carboxylic acids is 1. The molecule has 1 unspecified atom stereocenters. The summed E-state index contributed by atoms with van der Waals surface area (Å²) in [5.74, 6) is 1.37. The number of aryl methyl sites for hydroxylation is 1. The molecule has 0 aromatic carbocycles. The summed E-state index contributed by atoms with van der Waals surface area (Å²) in [5, 5.41) is 2.99. The minimum atomic E-state index is 0.0330. The van der Waals surface area contributed by atoms with Gasteiger partial charge in [-0.25, -0.2) is 9.78 Å². The highest BCUT2D eigenvalue weighted by atomic mass is 16.5. The lowest BCUT2D eigenvalue weighted by Gasteiger charge is -2.33. The fourth-order valence-corrected chi connectivity index (χ4v) is 3.60. The molecule has 7 heteroatoms. The van der Waals surface area contributed by atoms with E-state index in [4.69, 9.17) is 4.74 Å². The smallest absolute Gasteiger partial charge is 0.317 e. The number of aromatic nitrogens is 3. The first-order valence-electron chi connectivity index (χ1n) is 9.63. The van der Waals surface area contributed by atoms with Crippen molar-refractivity contribution in [2.75, 3.05) is 33.4 Å². The molecule has 146 valence electrons. The molecule has 0 aliphatic carbocycles. The average Bonchev–Trinajstić information content (AvgIpc) is 3.06. The van der Waals surface area contributed by atoms with E-state index in [1.54, 1.807) is 13.3 Å². The summed E-state index contributed by atoms with van der Waals surface area (Å²) in [6.45, 7) is 5.87. The Morgan fingerprint density at radius 3 is 3.07 bits per heavy atom. The molecule has 2 aromatic heterocycles. The van der Waals surface area contributed by atoms with Gasteiger partial charge in [-0.05, 0) is 44.2 Å². The molecule has 1 saturated heterocycles. The molecule has 3 rings (SSSR count). The third kappa shape index (κ3) is 5.07. The van der Waals surface area contributed by atoms with Crippen LogP contribution in [0.5, 0.6) is 0 Å². The predicted octanol–water partition coefficient (Wildman–Crippen LogP) is 2.71. The van der Waals surface area contributed by atoms with E-state index in [9.17, 15) is 4.79 Å². The van der Waals surface area contributed by atoms with Gasteiger partial charge in [0.2, 0.25) is 0 Å². The molecule has 2 amide bonds. The van der Waals surface area contributed by atoms with E-state index in [1.807, 2.05) is 29.4 Å². The van der Waals surface area contributed by atoms with Crippen molar-refractivity contribution in [3.8, 4) is 11.4 Å². The van der Waals surface area contributed by atoms with Crippen molar-refractivity contribution < 1.29 is 9.53 Å². The van der Waals surface area contributed by atoms with Crippen LogP contribution in [0.25, 0.3) is 11.4 Å². The Labute approximate surface area is 160 Å². The van der Waals surface area contributed by atoms with E-state index in [2.05, 4.69) is 26.8 Å². The minimum Gasteiger partial charge on any atom is -0.385 e. The quantitative estimate of drug-likeness (QED) is 0.760. The summed E-state index contributed by atoms with van der Waals surface area (Å²) in [6.07, 6.45) is 8.52. The van der Waals surface area contributed by atoms with Crippen molar-refractivity contribution in [3.05, 3.63) is 36.4 Å². The zero-order valence-corrected chi connectivity index (χ0v) is 16.2. The fourth-order valence-electron chi connectivity index (χ4n) is 3.60. The lowest BCUT2D eigenvalue weighted by Crippen LogP contribution is -2.46. The molecular formula is C20H29N5O2. The van der Waals surface area contributed by atoms with Crippen LogP contribution in [-0.2, 0) is 11.3 Å². The normalized spacial score (nSPS) is 17.1. The van der Waals surface area contributed by atoms with Crippen molar-refractivity contribution >= 4 is 6.03 Å². The third-order valence-corrected chi connectivity index (χ3v) is 5.02. The van der Waals surface area contributed by atoms with Crippen LogP contribution in [0.3, 0.4) is 0 Å². The number of urea groups is 1. The van der Waals surface area contributed by atoms with Gasteiger partial charge in [-0.1, -0.05) is 0 Å². The Balaban J connectivity index is 1.61. The number of methoxy groups -OCH3 is 1. The predicted molar refractivity (Wildman–Crippen MR) is 104 cm³/mol. The number of pyridine rings is 1. The van der Waals surface area contributed by atoms with E-state index < -0.39 is 0 Å². The zero-order valence-electron chi connectivity index (χ0n) is 16.2. The summed E-state index contributed by atoms with van der Waals surface area (Å²) in [6, 6.07) is 4.00. The number of likely N-dealkylation sites (tertiary alicyclic amines) is 1. The van der Waals surface area contributed by atoms with Gasteiger partial charge in [-0.3, -0.25) is 4.98 Å². The second-order valence-electron chi connectivity index (χ2n) is 7.11. The molecule has 1 aliphatic rings. The lowest BCUT2D eigenvalue weighted by molar-refractivity contribution is 0.156. The zero-order chi connectivity index (χ0) is 19.1. The molecule has 2 aromatic rings. The Kier molecular flexibility index (Phi) is 6.81. The maximum Gasteiger partial charge on any atom is 0.317 e. The molecule has 3 heterocycles. The highest BCUT2D eigenvalue weighted by Gasteiger charge is 2.25. The number of nitrogens with zero attached hydrogens (tertiary/aromatic N) is 4. The molecule has 7 nitrogen and oxygen atoms in total. The van der Waals surface area contributed by atoms with Crippen LogP contribution in [-0.4, -0.2) is 58.8 Å². The molecular weight excluding hydrogens is 342 g/mol. The van der Waals surface area contributed by atoms with Crippen molar-refractivity contribution in [1.82, 2.24) is 24.8 Å². The van der Waals surface area contributed by atoms with Crippen LogP contribution >= 0.6 is 0 Å². The van der Waals surface area contributed by atoms with E-state index in [0.29, 0.717) is 19.1 Å². The molecule has 0 saturated carbocycles. The lowest BCUT2D eigenvalue weighted by atomic mass is 9.98. The first-order valence-corrected chi connectivity index (χ1v) is 9.63. The van der Waals surface area contributed by atoms with Crippen LogP contribution in [0.2, 0.25) is 0 Å². The molecule has 0 radical (unpaired) electrons. The van der Waals surface area contributed by atoms with Crippen LogP contribution in [0.4, 0.5) is 4.79 Å². The van der Waals surface area contributed by atoms with Gasteiger partial charge in [0.05, 0.1) is 0 Å². The summed E-state index contributed by atoms with van der Waals surface area (Å²) in [4.78, 5) is 23.1. The Bertz CT molecular complexity index is 731. The Hall–Kier alpha value is -2.41. The van der Waals surface area contributed by atoms with Gasteiger partial charge in [-0.15, -0.1) is 0 Å². The second-order valence-corrected chi connectivity index (χ2v) is 7.11. The Morgan fingerprint density at radius 1 is 1.41 bits per heavy atom. The molecule has 0 spiro atoms. The van der Waals surface area contributed by atoms with Crippen molar-refractivity contribution in [2.45, 2.75) is 32.7 Å². The first kappa shape index (κ1) is 19.4. The highest BCUT2D eigenvalue weighted by molar-refractivity contribution is 5.74. The van der Waals surface area contributed by atoms with Crippen molar-refractivity contribution in [3.63, 3.8) is 0 Å². The highest BCUT2D eigenvalue weighted by Crippen LogP contribution is 2.24. The van der Waals surface area contributed by atoms with Gasteiger partial charge < -0.3 is 19.5 Å². The number of nitrogens with one attached hydrogen (secondary N) is 1. The van der Waals surface area contributed by atoms with Crippen molar-refractivity contribution in [1.29, 1.82) is 0 Å².